The van der Waals surface area contributed by atoms with Crippen LogP contribution in [0.5, 0.6) is 0 Å². The fraction of sp³-hybridized carbons (Fsp3) is 0.208. The minimum atomic E-state index is -3.90. The number of aryl methyl sites for hydroxylation is 3. The first-order valence-electron chi connectivity index (χ1n) is 10.8. The SMILES string of the molecule is CCOC(=O)c1cnc2nc(C)ccc2c1Nc1ccc(S(=O)(=O)Nc2nc(C)cc(C)n2)cc1. The second-order valence-electron chi connectivity index (χ2n) is 7.82. The molecule has 10 nitrogen and oxygen atoms in total. The second-order valence-corrected chi connectivity index (χ2v) is 9.50. The van der Waals surface area contributed by atoms with Gasteiger partial charge in [-0.15, -0.1) is 0 Å². The zero-order valence-corrected chi connectivity index (χ0v) is 20.5. The molecule has 0 amide bonds. The molecule has 0 spiro atoms. The first-order valence-corrected chi connectivity index (χ1v) is 12.3. The fourth-order valence-electron chi connectivity index (χ4n) is 3.48. The number of nitrogens with one attached hydrogen (secondary N) is 2. The number of sulfonamides is 1. The molecular formula is C24H24N6O4S. The highest BCUT2D eigenvalue weighted by Gasteiger charge is 2.19. The smallest absolute Gasteiger partial charge is 0.341 e. The van der Waals surface area contributed by atoms with E-state index < -0.39 is 16.0 Å². The summed E-state index contributed by atoms with van der Waals surface area (Å²) in [4.78, 5) is 29.6. The number of carbonyl (C=O) groups excluding carboxylic acids is 1. The van der Waals surface area contributed by atoms with Gasteiger partial charge in [0, 0.05) is 34.4 Å². The summed E-state index contributed by atoms with van der Waals surface area (Å²) in [6.07, 6.45) is 1.42. The topological polar surface area (TPSA) is 136 Å². The summed E-state index contributed by atoms with van der Waals surface area (Å²) < 4.78 is 33.2. The van der Waals surface area contributed by atoms with Crippen LogP contribution >= 0.6 is 0 Å². The molecule has 1 aromatic carbocycles. The zero-order valence-electron chi connectivity index (χ0n) is 19.7. The number of esters is 1. The average molecular weight is 493 g/mol. The molecular weight excluding hydrogens is 468 g/mol. The summed E-state index contributed by atoms with van der Waals surface area (Å²) in [6.45, 7) is 7.31. The summed E-state index contributed by atoms with van der Waals surface area (Å²) in [5, 5.41) is 3.83. The van der Waals surface area contributed by atoms with Crippen molar-refractivity contribution < 1.29 is 17.9 Å². The van der Waals surface area contributed by atoms with Crippen LogP contribution in [0.15, 0.2) is 53.6 Å². The lowest BCUT2D eigenvalue weighted by Gasteiger charge is -2.14. The quantitative estimate of drug-likeness (QED) is 0.366. The van der Waals surface area contributed by atoms with Gasteiger partial charge in [-0.2, -0.15) is 0 Å². The molecule has 11 heteroatoms. The number of pyridine rings is 2. The Bertz CT molecular complexity index is 1500. The van der Waals surface area contributed by atoms with E-state index in [1.54, 1.807) is 39.0 Å². The third kappa shape index (κ3) is 5.35. The Morgan fingerprint density at radius 1 is 0.943 bits per heavy atom. The highest BCUT2D eigenvalue weighted by atomic mass is 32.2. The number of aromatic nitrogens is 4. The van der Waals surface area contributed by atoms with Gasteiger partial charge in [-0.1, -0.05) is 0 Å². The third-order valence-electron chi connectivity index (χ3n) is 5.01. The maximum absolute atomic E-state index is 12.8. The summed E-state index contributed by atoms with van der Waals surface area (Å²) >= 11 is 0. The summed E-state index contributed by atoms with van der Waals surface area (Å²) in [6, 6.07) is 11.5. The number of fused-ring (bicyclic) bond motifs is 1. The second kappa shape index (κ2) is 9.63. The van der Waals surface area contributed by atoms with Gasteiger partial charge in [0.1, 0.15) is 5.56 Å². The van der Waals surface area contributed by atoms with Crippen LogP contribution in [0.3, 0.4) is 0 Å². The first kappa shape index (κ1) is 24.0. The van der Waals surface area contributed by atoms with Gasteiger partial charge >= 0.3 is 5.97 Å². The molecule has 0 saturated carbocycles. The van der Waals surface area contributed by atoms with Gasteiger partial charge in [-0.05, 0) is 70.2 Å². The van der Waals surface area contributed by atoms with Gasteiger partial charge in [-0.25, -0.2) is 37.9 Å². The summed E-state index contributed by atoms with van der Waals surface area (Å²) in [7, 11) is -3.90. The molecule has 3 aromatic heterocycles. The van der Waals surface area contributed by atoms with E-state index in [0.717, 1.165) is 5.69 Å². The molecule has 4 aromatic rings. The number of carbonyl (C=O) groups is 1. The molecule has 0 aliphatic carbocycles. The predicted molar refractivity (Wildman–Crippen MR) is 132 cm³/mol. The Morgan fingerprint density at radius 2 is 1.63 bits per heavy atom. The van der Waals surface area contributed by atoms with E-state index in [2.05, 4.69) is 30.0 Å². The Hall–Kier alpha value is -4.12. The maximum Gasteiger partial charge on any atom is 0.341 e. The molecule has 0 saturated heterocycles. The summed E-state index contributed by atoms with van der Waals surface area (Å²) in [5.41, 5.74) is 3.84. The van der Waals surface area contributed by atoms with Gasteiger partial charge in [0.05, 0.1) is 17.2 Å². The highest BCUT2D eigenvalue weighted by Crippen LogP contribution is 2.30. The largest absolute Gasteiger partial charge is 0.462 e. The predicted octanol–water partition coefficient (Wildman–Crippen LogP) is 4.07. The van der Waals surface area contributed by atoms with Crippen molar-refractivity contribution in [2.24, 2.45) is 0 Å². The molecule has 0 fully saturated rings. The molecule has 35 heavy (non-hydrogen) atoms. The van der Waals surface area contributed by atoms with Crippen molar-refractivity contribution >= 4 is 44.3 Å². The van der Waals surface area contributed by atoms with Crippen molar-refractivity contribution in [1.29, 1.82) is 0 Å². The first-order chi connectivity index (χ1) is 16.7. The molecule has 180 valence electrons. The van der Waals surface area contributed by atoms with Gasteiger partial charge in [0.25, 0.3) is 10.0 Å². The molecule has 0 bridgehead atoms. The number of hydrogen-bond donors (Lipinski definition) is 2. The maximum atomic E-state index is 12.8. The fourth-order valence-corrected chi connectivity index (χ4v) is 4.43. The minimum Gasteiger partial charge on any atom is -0.462 e. The van der Waals surface area contributed by atoms with E-state index in [0.29, 0.717) is 33.8 Å². The summed E-state index contributed by atoms with van der Waals surface area (Å²) in [5.74, 6) is -0.517. The number of benzene rings is 1. The van der Waals surface area contributed by atoms with Gasteiger partial charge in [-0.3, -0.25) is 0 Å². The minimum absolute atomic E-state index is 0.00910. The van der Waals surface area contributed by atoms with E-state index in [1.165, 1.54) is 18.3 Å². The Kier molecular flexibility index (Phi) is 6.61. The molecule has 0 atom stereocenters. The Morgan fingerprint density at radius 3 is 2.29 bits per heavy atom. The van der Waals surface area contributed by atoms with E-state index in [1.807, 2.05) is 19.1 Å². The number of ether oxygens (including phenoxy) is 1. The Balaban J connectivity index is 1.66. The van der Waals surface area contributed by atoms with Crippen LogP contribution in [0.1, 0.15) is 34.4 Å². The average Bonchev–Trinajstić information content (AvgIpc) is 2.78. The van der Waals surface area contributed by atoms with Crippen LogP contribution in [0.2, 0.25) is 0 Å². The lowest BCUT2D eigenvalue weighted by molar-refractivity contribution is 0.0527. The van der Waals surface area contributed by atoms with Crippen LogP contribution in [0.4, 0.5) is 17.3 Å². The molecule has 2 N–H and O–H groups in total. The van der Waals surface area contributed by atoms with E-state index in [-0.39, 0.29) is 23.0 Å². The van der Waals surface area contributed by atoms with Crippen LogP contribution in [0.25, 0.3) is 11.0 Å². The van der Waals surface area contributed by atoms with Crippen LogP contribution in [-0.2, 0) is 14.8 Å². The Labute approximate surface area is 202 Å². The van der Waals surface area contributed by atoms with E-state index in [4.69, 9.17) is 4.74 Å². The molecule has 4 rings (SSSR count). The normalized spacial score (nSPS) is 11.3. The molecule has 0 radical (unpaired) electrons. The lowest BCUT2D eigenvalue weighted by atomic mass is 10.1. The number of nitrogens with zero attached hydrogens (tertiary/aromatic N) is 4. The van der Waals surface area contributed by atoms with Crippen LogP contribution in [-0.4, -0.2) is 40.9 Å². The number of hydrogen-bond acceptors (Lipinski definition) is 9. The van der Waals surface area contributed by atoms with Crippen molar-refractivity contribution in [2.75, 3.05) is 16.6 Å². The highest BCUT2D eigenvalue weighted by molar-refractivity contribution is 7.92. The zero-order chi connectivity index (χ0) is 25.2. The molecule has 0 aliphatic heterocycles. The van der Waals surface area contributed by atoms with Crippen molar-refractivity contribution in [1.82, 2.24) is 19.9 Å². The van der Waals surface area contributed by atoms with Gasteiger partial charge in [0.2, 0.25) is 5.95 Å². The van der Waals surface area contributed by atoms with E-state index in [9.17, 15) is 13.2 Å². The van der Waals surface area contributed by atoms with Crippen LogP contribution < -0.4 is 10.0 Å². The monoisotopic (exact) mass is 492 g/mol. The van der Waals surface area contributed by atoms with E-state index >= 15 is 0 Å². The van der Waals surface area contributed by atoms with Gasteiger partial charge < -0.3 is 10.1 Å². The van der Waals surface area contributed by atoms with Gasteiger partial charge in [0.15, 0.2) is 5.65 Å². The van der Waals surface area contributed by atoms with Crippen molar-refractivity contribution in [2.45, 2.75) is 32.6 Å². The third-order valence-corrected chi connectivity index (χ3v) is 6.35. The van der Waals surface area contributed by atoms with Crippen molar-refractivity contribution in [3.63, 3.8) is 0 Å². The van der Waals surface area contributed by atoms with Crippen molar-refractivity contribution in [3.05, 3.63) is 71.3 Å². The standard InChI is InChI=1S/C24H24N6O4S/c1-5-34-23(31)20-13-25-22-19(11-6-14(2)26-22)21(20)29-17-7-9-18(10-8-17)35(32,33)30-24-27-15(3)12-16(4)28-24/h6-13H,5H2,1-4H3,(H,25,26,29)(H,27,28,30). The molecule has 0 aliphatic rings. The number of rotatable bonds is 7. The molecule has 3 heterocycles. The van der Waals surface area contributed by atoms with Crippen molar-refractivity contribution in [3.8, 4) is 0 Å². The number of anilines is 3. The lowest BCUT2D eigenvalue weighted by Crippen LogP contribution is -2.15. The van der Waals surface area contributed by atoms with Crippen LogP contribution in [0, 0.1) is 20.8 Å². The molecule has 0 unspecified atom stereocenters.